The standard InChI is InChI=1S/C11H9F2O.Na/c1-6-3-8-9(11(6,2)14)4-7(12)5-10(8)13;/h1,4-5,14H,3H2,2H3;/q-1;+1. The van der Waals surface area contributed by atoms with Gasteiger partial charge in [0.15, 0.2) is 0 Å². The van der Waals surface area contributed by atoms with Gasteiger partial charge < -0.3 is 11.7 Å². The van der Waals surface area contributed by atoms with Crippen molar-refractivity contribution in [2.24, 2.45) is 0 Å². The van der Waals surface area contributed by atoms with Crippen molar-refractivity contribution in [2.45, 2.75) is 18.9 Å². The summed E-state index contributed by atoms with van der Waals surface area (Å²) in [7, 11) is 0. The molecule has 0 aromatic heterocycles. The number of benzene rings is 1. The molecule has 1 atom stereocenters. The molecular weight excluding hydrogens is 209 g/mol. The fourth-order valence-corrected chi connectivity index (χ4v) is 1.75. The fourth-order valence-electron chi connectivity index (χ4n) is 1.75. The zero-order chi connectivity index (χ0) is 10.5. The maximum absolute atomic E-state index is 13.2. The Morgan fingerprint density at radius 1 is 1.40 bits per heavy atom. The van der Waals surface area contributed by atoms with Gasteiger partial charge in [-0.1, -0.05) is 0 Å². The summed E-state index contributed by atoms with van der Waals surface area (Å²) in [5.74, 6) is -1.35. The molecule has 1 aliphatic rings. The molecule has 74 valence electrons. The van der Waals surface area contributed by atoms with Gasteiger partial charge in [0.1, 0.15) is 11.6 Å². The number of aliphatic hydroxyl groups is 1. The summed E-state index contributed by atoms with van der Waals surface area (Å²) in [4.78, 5) is 0. The van der Waals surface area contributed by atoms with Crippen molar-refractivity contribution in [2.75, 3.05) is 0 Å². The molecule has 0 radical (unpaired) electrons. The predicted molar refractivity (Wildman–Crippen MR) is 47.4 cm³/mol. The molecule has 0 aliphatic heterocycles. The molecule has 0 saturated heterocycles. The third-order valence-electron chi connectivity index (χ3n) is 2.68. The van der Waals surface area contributed by atoms with E-state index in [2.05, 4.69) is 0 Å². The fraction of sp³-hybridized carbons (Fsp3) is 0.273. The van der Waals surface area contributed by atoms with Crippen LogP contribution in [0.5, 0.6) is 0 Å². The van der Waals surface area contributed by atoms with Gasteiger partial charge in [-0.3, -0.25) is 0 Å². The minimum absolute atomic E-state index is 0. The second-order valence-electron chi connectivity index (χ2n) is 3.69. The van der Waals surface area contributed by atoms with Gasteiger partial charge in [0.05, 0.1) is 5.60 Å². The van der Waals surface area contributed by atoms with Crippen LogP contribution in [0.1, 0.15) is 18.1 Å². The molecular formula is C11H9F2NaO. The van der Waals surface area contributed by atoms with E-state index in [0.717, 1.165) is 12.1 Å². The summed E-state index contributed by atoms with van der Waals surface area (Å²) >= 11 is 0. The van der Waals surface area contributed by atoms with E-state index in [1.54, 1.807) is 0 Å². The Kier molecular flexibility index (Phi) is 3.41. The van der Waals surface area contributed by atoms with Crippen LogP contribution in [0.3, 0.4) is 0 Å². The molecule has 0 fully saturated rings. The van der Waals surface area contributed by atoms with Crippen LogP contribution in [-0.4, -0.2) is 5.11 Å². The van der Waals surface area contributed by atoms with Gasteiger partial charge in [0.2, 0.25) is 0 Å². The number of hydrogen-bond acceptors (Lipinski definition) is 1. The van der Waals surface area contributed by atoms with Crippen molar-refractivity contribution < 1.29 is 43.4 Å². The molecule has 2 rings (SSSR count). The van der Waals surface area contributed by atoms with E-state index in [1.165, 1.54) is 6.92 Å². The van der Waals surface area contributed by atoms with Gasteiger partial charge in [-0.25, -0.2) is 14.4 Å². The quantitative estimate of drug-likeness (QED) is 0.441. The molecule has 0 spiro atoms. The van der Waals surface area contributed by atoms with Crippen LogP contribution in [0.25, 0.3) is 0 Å². The molecule has 0 heterocycles. The first-order chi connectivity index (χ1) is 6.43. The molecule has 1 unspecified atom stereocenters. The Morgan fingerprint density at radius 2 is 2.00 bits per heavy atom. The van der Waals surface area contributed by atoms with E-state index < -0.39 is 17.2 Å². The van der Waals surface area contributed by atoms with E-state index in [-0.39, 0.29) is 52.7 Å². The maximum Gasteiger partial charge on any atom is 1.00 e. The van der Waals surface area contributed by atoms with Gasteiger partial charge in [0.25, 0.3) is 0 Å². The Morgan fingerprint density at radius 3 is 2.60 bits per heavy atom. The maximum atomic E-state index is 13.2. The third-order valence-corrected chi connectivity index (χ3v) is 2.68. The first-order valence-corrected chi connectivity index (χ1v) is 4.25. The minimum Gasteiger partial charge on any atom is -0.511 e. The summed E-state index contributed by atoms with van der Waals surface area (Å²) < 4.78 is 26.1. The van der Waals surface area contributed by atoms with E-state index >= 15 is 0 Å². The second-order valence-corrected chi connectivity index (χ2v) is 3.69. The van der Waals surface area contributed by atoms with Crippen molar-refractivity contribution in [1.29, 1.82) is 0 Å². The summed E-state index contributed by atoms with van der Waals surface area (Å²) in [6.45, 7) is 7.00. The van der Waals surface area contributed by atoms with E-state index in [9.17, 15) is 13.9 Å². The molecule has 1 aromatic rings. The zero-order valence-electron chi connectivity index (χ0n) is 8.64. The first kappa shape index (κ1) is 12.8. The van der Waals surface area contributed by atoms with Crippen LogP contribution < -0.4 is 29.6 Å². The Bertz CT molecular complexity index is 427. The molecule has 4 heteroatoms. The number of halogens is 2. The Hall–Kier alpha value is -0.220. The van der Waals surface area contributed by atoms with Gasteiger partial charge in [-0.05, 0) is 30.5 Å². The minimum atomic E-state index is -1.42. The Labute approximate surface area is 109 Å². The Balaban J connectivity index is 0.00000112. The predicted octanol–water partition coefficient (Wildman–Crippen LogP) is -0.908. The smallest absolute Gasteiger partial charge is 0.511 e. The SMILES string of the molecule is [CH-]=C1Cc2c(F)cc(F)cc2C1(C)O.[Na+]. The molecule has 1 nitrogen and oxygen atoms in total. The topological polar surface area (TPSA) is 20.2 Å². The van der Waals surface area contributed by atoms with Gasteiger partial charge >= 0.3 is 29.6 Å². The average molecular weight is 218 g/mol. The van der Waals surface area contributed by atoms with Crippen LogP contribution >= 0.6 is 0 Å². The van der Waals surface area contributed by atoms with E-state index in [1.807, 2.05) is 0 Å². The molecule has 0 saturated carbocycles. The van der Waals surface area contributed by atoms with Crippen LogP contribution in [0, 0.1) is 18.2 Å². The zero-order valence-corrected chi connectivity index (χ0v) is 10.6. The van der Waals surface area contributed by atoms with Crippen molar-refractivity contribution in [3.8, 4) is 0 Å². The normalized spacial score (nSPS) is 23.6. The molecule has 1 aliphatic carbocycles. The first-order valence-electron chi connectivity index (χ1n) is 4.25. The second kappa shape index (κ2) is 3.98. The van der Waals surface area contributed by atoms with Gasteiger partial charge in [0, 0.05) is 6.07 Å². The van der Waals surface area contributed by atoms with Crippen molar-refractivity contribution in [3.05, 3.63) is 47.0 Å². The molecule has 0 bridgehead atoms. The number of rotatable bonds is 0. The summed E-state index contributed by atoms with van der Waals surface area (Å²) in [6.07, 6.45) is 0.161. The molecule has 1 N–H and O–H groups in total. The van der Waals surface area contributed by atoms with Crippen LogP contribution in [0.15, 0.2) is 17.7 Å². The summed E-state index contributed by atoms with van der Waals surface area (Å²) in [6, 6.07) is 1.92. The van der Waals surface area contributed by atoms with Gasteiger partial charge in [-0.15, -0.1) is 0 Å². The molecule has 0 amide bonds. The average Bonchev–Trinajstić information content (AvgIpc) is 2.28. The van der Waals surface area contributed by atoms with E-state index in [4.69, 9.17) is 6.58 Å². The van der Waals surface area contributed by atoms with E-state index in [0.29, 0.717) is 0 Å². The summed E-state index contributed by atoms with van der Waals surface area (Å²) in [5.41, 5.74) is -0.656. The summed E-state index contributed by atoms with van der Waals surface area (Å²) in [5, 5.41) is 9.87. The monoisotopic (exact) mass is 218 g/mol. The van der Waals surface area contributed by atoms with Crippen molar-refractivity contribution in [3.63, 3.8) is 0 Å². The number of fused-ring (bicyclic) bond motifs is 1. The molecule has 1 aromatic carbocycles. The number of hydrogen-bond donors (Lipinski definition) is 1. The van der Waals surface area contributed by atoms with Crippen LogP contribution in [-0.2, 0) is 12.0 Å². The third kappa shape index (κ3) is 1.89. The van der Waals surface area contributed by atoms with Crippen LogP contribution in [0.4, 0.5) is 8.78 Å². The molecule has 15 heavy (non-hydrogen) atoms. The van der Waals surface area contributed by atoms with Crippen LogP contribution in [0.2, 0.25) is 0 Å². The largest absolute Gasteiger partial charge is 1.00 e. The van der Waals surface area contributed by atoms with Crippen molar-refractivity contribution in [1.82, 2.24) is 0 Å². The van der Waals surface area contributed by atoms with Crippen molar-refractivity contribution >= 4 is 0 Å². The van der Waals surface area contributed by atoms with Gasteiger partial charge in [-0.2, -0.15) is 0 Å².